The molecule has 0 aliphatic carbocycles. The van der Waals surface area contributed by atoms with Crippen LogP contribution in [0.15, 0.2) is 36.5 Å². The van der Waals surface area contributed by atoms with Crippen molar-refractivity contribution in [3.63, 3.8) is 0 Å². The number of aromatic nitrogens is 1. The van der Waals surface area contributed by atoms with Crippen molar-refractivity contribution in [2.75, 3.05) is 0 Å². The minimum Gasteiger partial charge on any atom is -0.429 e. The summed E-state index contributed by atoms with van der Waals surface area (Å²) >= 11 is 5.88. The molecule has 0 bridgehead atoms. The van der Waals surface area contributed by atoms with Crippen LogP contribution in [0.4, 0.5) is 5.69 Å². The van der Waals surface area contributed by atoms with Gasteiger partial charge in [-0.05, 0) is 18.2 Å². The number of rotatable bonds is 3. The molecule has 1 aromatic carbocycles. The molecule has 94 valence electrons. The first-order valence-electron chi connectivity index (χ1n) is 5.09. The molecule has 0 radical (unpaired) electrons. The van der Waals surface area contributed by atoms with E-state index in [9.17, 15) is 10.1 Å². The lowest BCUT2D eigenvalue weighted by atomic mass is 10.3. The van der Waals surface area contributed by atoms with Crippen molar-refractivity contribution in [3.05, 3.63) is 57.2 Å². The molecule has 0 saturated carbocycles. The largest absolute Gasteiger partial charge is 0.429 e. The Morgan fingerprint density at radius 1 is 1.37 bits per heavy atom. The van der Waals surface area contributed by atoms with E-state index < -0.39 is 4.92 Å². The maximum atomic E-state index is 10.9. The van der Waals surface area contributed by atoms with Gasteiger partial charge in [0.25, 0.3) is 0 Å². The smallest absolute Gasteiger partial charge is 0.313 e. The van der Waals surface area contributed by atoms with E-state index in [1.54, 1.807) is 6.07 Å². The summed E-state index contributed by atoms with van der Waals surface area (Å²) in [5.41, 5.74) is -0.126. The summed E-state index contributed by atoms with van der Waals surface area (Å²) in [6.07, 6.45) is 1.42. The molecule has 19 heavy (non-hydrogen) atoms. The third-order valence-electron chi connectivity index (χ3n) is 2.23. The van der Waals surface area contributed by atoms with Crippen LogP contribution in [0.1, 0.15) is 5.56 Å². The van der Waals surface area contributed by atoms with Crippen molar-refractivity contribution in [2.24, 2.45) is 0 Å². The SMILES string of the molecule is N#Cc1cccnc1Oc1c(Cl)cccc1[N+](=O)[O-]. The molecule has 1 aromatic heterocycles. The first-order chi connectivity index (χ1) is 9.13. The molecular formula is C12H6ClN3O3. The zero-order valence-electron chi connectivity index (χ0n) is 9.41. The van der Waals surface area contributed by atoms with Crippen molar-refractivity contribution in [1.29, 1.82) is 5.26 Å². The normalized spacial score (nSPS) is 9.68. The highest BCUT2D eigenvalue weighted by Crippen LogP contribution is 2.37. The van der Waals surface area contributed by atoms with Crippen molar-refractivity contribution >= 4 is 17.3 Å². The van der Waals surface area contributed by atoms with Crippen LogP contribution >= 0.6 is 11.6 Å². The van der Waals surface area contributed by atoms with Crippen LogP contribution in [0.5, 0.6) is 11.6 Å². The summed E-state index contributed by atoms with van der Waals surface area (Å²) in [5.74, 6) is -0.162. The summed E-state index contributed by atoms with van der Waals surface area (Å²) in [7, 11) is 0. The Bertz CT molecular complexity index is 682. The van der Waals surface area contributed by atoms with E-state index in [-0.39, 0.29) is 27.9 Å². The predicted octanol–water partition coefficient (Wildman–Crippen LogP) is 3.31. The van der Waals surface area contributed by atoms with Crippen LogP contribution in [-0.2, 0) is 0 Å². The van der Waals surface area contributed by atoms with E-state index in [0.29, 0.717) is 0 Å². The van der Waals surface area contributed by atoms with Crippen LogP contribution in [0.25, 0.3) is 0 Å². The van der Waals surface area contributed by atoms with Gasteiger partial charge in [-0.2, -0.15) is 5.26 Å². The highest BCUT2D eigenvalue weighted by atomic mass is 35.5. The Hall–Kier alpha value is -2.65. The molecule has 2 rings (SSSR count). The number of hydrogen-bond acceptors (Lipinski definition) is 5. The number of benzene rings is 1. The lowest BCUT2D eigenvalue weighted by Crippen LogP contribution is -1.96. The molecule has 0 spiro atoms. The van der Waals surface area contributed by atoms with Gasteiger partial charge < -0.3 is 4.74 Å². The van der Waals surface area contributed by atoms with Crippen LogP contribution in [0.3, 0.4) is 0 Å². The predicted molar refractivity (Wildman–Crippen MR) is 67.1 cm³/mol. The van der Waals surface area contributed by atoms with Crippen LogP contribution < -0.4 is 4.74 Å². The first kappa shape index (κ1) is 12.8. The molecule has 1 heterocycles. The molecule has 0 aliphatic heterocycles. The van der Waals surface area contributed by atoms with Crippen LogP contribution in [0.2, 0.25) is 5.02 Å². The average molecular weight is 276 g/mol. The number of nitrogens with zero attached hydrogens (tertiary/aromatic N) is 3. The number of ether oxygens (including phenoxy) is 1. The highest BCUT2D eigenvalue weighted by molar-refractivity contribution is 6.32. The topological polar surface area (TPSA) is 89.0 Å². The van der Waals surface area contributed by atoms with E-state index >= 15 is 0 Å². The molecule has 0 unspecified atom stereocenters. The Balaban J connectivity index is 2.50. The first-order valence-corrected chi connectivity index (χ1v) is 5.47. The molecule has 7 heteroatoms. The van der Waals surface area contributed by atoms with E-state index in [4.69, 9.17) is 21.6 Å². The maximum Gasteiger partial charge on any atom is 0.313 e. The molecule has 0 saturated heterocycles. The summed E-state index contributed by atoms with van der Waals surface area (Å²) in [5, 5.41) is 19.9. The Morgan fingerprint density at radius 3 is 2.84 bits per heavy atom. The zero-order chi connectivity index (χ0) is 13.8. The fourth-order valence-electron chi connectivity index (χ4n) is 1.40. The van der Waals surface area contributed by atoms with Gasteiger partial charge in [-0.15, -0.1) is 0 Å². The second-order valence-corrected chi connectivity index (χ2v) is 3.82. The van der Waals surface area contributed by atoms with Gasteiger partial charge in [-0.3, -0.25) is 10.1 Å². The molecule has 0 amide bonds. The molecule has 0 N–H and O–H groups in total. The lowest BCUT2D eigenvalue weighted by molar-refractivity contribution is -0.385. The van der Waals surface area contributed by atoms with Gasteiger partial charge in [0, 0.05) is 12.3 Å². The minimum absolute atomic E-state index is 0.0267. The fraction of sp³-hybridized carbons (Fsp3) is 0. The molecule has 0 fully saturated rings. The second kappa shape index (κ2) is 5.33. The van der Waals surface area contributed by atoms with Gasteiger partial charge in [0.15, 0.2) is 0 Å². The number of nitriles is 1. The quantitative estimate of drug-likeness (QED) is 0.633. The zero-order valence-corrected chi connectivity index (χ0v) is 10.2. The maximum absolute atomic E-state index is 10.9. The third-order valence-corrected chi connectivity index (χ3v) is 2.53. The molecular weight excluding hydrogens is 270 g/mol. The van der Waals surface area contributed by atoms with Gasteiger partial charge in [-0.1, -0.05) is 17.7 Å². The monoisotopic (exact) mass is 275 g/mol. The molecule has 2 aromatic rings. The van der Waals surface area contributed by atoms with E-state index in [1.807, 2.05) is 6.07 Å². The highest BCUT2D eigenvalue weighted by Gasteiger charge is 2.20. The lowest BCUT2D eigenvalue weighted by Gasteiger charge is -2.07. The number of nitro benzene ring substituents is 1. The number of hydrogen-bond donors (Lipinski definition) is 0. The van der Waals surface area contributed by atoms with E-state index in [0.717, 1.165) is 0 Å². The van der Waals surface area contributed by atoms with Crippen LogP contribution in [-0.4, -0.2) is 9.91 Å². The number of halogens is 1. The van der Waals surface area contributed by atoms with Gasteiger partial charge in [-0.25, -0.2) is 4.98 Å². The van der Waals surface area contributed by atoms with Crippen molar-refractivity contribution in [3.8, 4) is 17.7 Å². The number of pyridine rings is 1. The molecule has 0 atom stereocenters. The van der Waals surface area contributed by atoms with Crippen molar-refractivity contribution < 1.29 is 9.66 Å². The molecule has 0 aliphatic rings. The summed E-state index contributed by atoms with van der Waals surface area (Å²) < 4.78 is 5.32. The van der Waals surface area contributed by atoms with E-state index in [1.165, 1.54) is 30.5 Å². The van der Waals surface area contributed by atoms with Crippen molar-refractivity contribution in [2.45, 2.75) is 0 Å². The van der Waals surface area contributed by atoms with Gasteiger partial charge in [0.1, 0.15) is 11.6 Å². The standard InChI is InChI=1S/C12H6ClN3O3/c13-9-4-1-5-10(16(17)18)11(9)19-12-8(7-14)3-2-6-15-12/h1-6H. The van der Waals surface area contributed by atoms with Gasteiger partial charge >= 0.3 is 5.69 Å². The van der Waals surface area contributed by atoms with E-state index in [2.05, 4.69) is 4.98 Å². The van der Waals surface area contributed by atoms with Gasteiger partial charge in [0.05, 0.1) is 9.95 Å². The Labute approximate surface area is 113 Å². The van der Waals surface area contributed by atoms with Gasteiger partial charge in [0.2, 0.25) is 11.6 Å². The minimum atomic E-state index is -0.615. The summed E-state index contributed by atoms with van der Waals surface area (Å²) in [4.78, 5) is 14.1. The second-order valence-electron chi connectivity index (χ2n) is 3.42. The fourth-order valence-corrected chi connectivity index (χ4v) is 1.60. The average Bonchev–Trinajstić information content (AvgIpc) is 2.41. The Kier molecular flexibility index (Phi) is 3.59. The van der Waals surface area contributed by atoms with Crippen LogP contribution in [0, 0.1) is 21.4 Å². The molecule has 6 nitrogen and oxygen atoms in total. The number of para-hydroxylation sites is 1. The number of nitro groups is 1. The summed E-state index contributed by atoms with van der Waals surface area (Å²) in [6, 6.07) is 9.10. The van der Waals surface area contributed by atoms with Crippen molar-refractivity contribution in [1.82, 2.24) is 4.98 Å². The summed E-state index contributed by atoms with van der Waals surface area (Å²) in [6.45, 7) is 0. The third kappa shape index (κ3) is 2.61. The Morgan fingerprint density at radius 2 is 2.16 bits per heavy atom.